The summed E-state index contributed by atoms with van der Waals surface area (Å²) in [6, 6.07) is 4.53. The zero-order valence-corrected chi connectivity index (χ0v) is 12.7. The lowest BCUT2D eigenvalue weighted by Crippen LogP contribution is -2.27. The average molecular weight is 294 g/mol. The zero-order valence-electron chi connectivity index (χ0n) is 11.1. The van der Waals surface area contributed by atoms with Gasteiger partial charge >= 0.3 is 0 Å². The van der Waals surface area contributed by atoms with E-state index in [0.717, 1.165) is 18.7 Å². The van der Waals surface area contributed by atoms with Gasteiger partial charge in [-0.15, -0.1) is 11.3 Å². The minimum Gasteiger partial charge on any atom is -0.325 e. The molecule has 1 atom stereocenters. The Morgan fingerprint density at radius 3 is 2.89 bits per heavy atom. The van der Waals surface area contributed by atoms with Gasteiger partial charge in [0.1, 0.15) is 0 Å². The lowest BCUT2D eigenvalue weighted by molar-refractivity contribution is -0.114. The van der Waals surface area contributed by atoms with E-state index in [4.69, 9.17) is 0 Å². The Morgan fingerprint density at radius 2 is 2.21 bits per heavy atom. The number of carbonyl (C=O) groups is 1. The van der Waals surface area contributed by atoms with Crippen molar-refractivity contribution in [3.05, 3.63) is 38.7 Å². The molecule has 0 radical (unpaired) electrons. The van der Waals surface area contributed by atoms with Gasteiger partial charge in [-0.25, -0.2) is 0 Å². The van der Waals surface area contributed by atoms with Crippen LogP contribution in [-0.4, -0.2) is 11.9 Å². The van der Waals surface area contributed by atoms with E-state index in [2.05, 4.69) is 34.4 Å². The molecule has 2 heterocycles. The molecule has 1 unspecified atom stereocenters. The first-order valence-electron chi connectivity index (χ1n) is 6.23. The Labute approximate surface area is 121 Å². The Morgan fingerprint density at radius 1 is 1.37 bits per heavy atom. The van der Waals surface area contributed by atoms with Crippen LogP contribution in [0, 0.1) is 0 Å². The van der Waals surface area contributed by atoms with Crippen molar-refractivity contribution in [1.82, 2.24) is 5.32 Å². The molecular weight excluding hydrogens is 276 g/mol. The normalized spacial score (nSPS) is 12.3. The highest BCUT2D eigenvalue weighted by molar-refractivity contribution is 7.10. The smallest absolute Gasteiger partial charge is 0.221 e. The van der Waals surface area contributed by atoms with Crippen LogP contribution < -0.4 is 10.6 Å². The summed E-state index contributed by atoms with van der Waals surface area (Å²) >= 11 is 3.40. The van der Waals surface area contributed by atoms with Crippen molar-refractivity contribution in [3.63, 3.8) is 0 Å². The van der Waals surface area contributed by atoms with E-state index in [9.17, 15) is 4.79 Å². The maximum atomic E-state index is 11.1. The first-order chi connectivity index (χ1) is 9.15. The van der Waals surface area contributed by atoms with Crippen molar-refractivity contribution in [3.8, 4) is 0 Å². The maximum Gasteiger partial charge on any atom is 0.221 e. The monoisotopic (exact) mass is 294 g/mol. The molecule has 2 N–H and O–H groups in total. The van der Waals surface area contributed by atoms with Crippen LogP contribution in [0.3, 0.4) is 0 Å². The number of hydrogen-bond acceptors (Lipinski definition) is 4. The molecule has 2 aromatic heterocycles. The fourth-order valence-corrected chi connectivity index (χ4v) is 3.34. The highest BCUT2D eigenvalue weighted by Crippen LogP contribution is 2.22. The Hall–Kier alpha value is -1.17. The molecule has 1 amide bonds. The van der Waals surface area contributed by atoms with E-state index in [1.54, 1.807) is 22.7 Å². The Bertz CT molecular complexity index is 519. The van der Waals surface area contributed by atoms with Crippen LogP contribution in [0.4, 0.5) is 5.69 Å². The number of hydrogen-bond donors (Lipinski definition) is 2. The van der Waals surface area contributed by atoms with Gasteiger partial charge in [0.15, 0.2) is 0 Å². The minimum atomic E-state index is -0.0222. The summed E-state index contributed by atoms with van der Waals surface area (Å²) < 4.78 is 0. The molecule has 0 aliphatic carbocycles. The first-order valence-corrected chi connectivity index (χ1v) is 8.06. The molecule has 0 bridgehead atoms. The van der Waals surface area contributed by atoms with Crippen molar-refractivity contribution in [2.45, 2.75) is 32.9 Å². The van der Waals surface area contributed by atoms with Crippen molar-refractivity contribution in [1.29, 1.82) is 0 Å². The van der Waals surface area contributed by atoms with Crippen LogP contribution in [0.2, 0.25) is 0 Å². The van der Waals surface area contributed by atoms with Gasteiger partial charge in [0.05, 0.1) is 5.69 Å². The summed E-state index contributed by atoms with van der Waals surface area (Å²) in [4.78, 5) is 12.3. The molecule has 5 heteroatoms. The second-order valence-corrected chi connectivity index (χ2v) is 6.34. The summed E-state index contributed by atoms with van der Waals surface area (Å²) in [5, 5.41) is 12.7. The van der Waals surface area contributed by atoms with Crippen LogP contribution >= 0.6 is 22.7 Å². The standard InChI is InChI=1S/C14H18N2OS2/c1-10(7-12-3-5-18-9-12)15-8-14-13(4-6-19-14)16-11(2)17/h3-6,9-10,15H,7-8H2,1-2H3,(H,16,17). The predicted molar refractivity (Wildman–Crippen MR) is 82.9 cm³/mol. The van der Waals surface area contributed by atoms with E-state index in [0.29, 0.717) is 6.04 Å². The molecule has 2 aromatic rings. The Balaban J connectivity index is 1.84. The summed E-state index contributed by atoms with van der Waals surface area (Å²) in [6.45, 7) is 4.51. The number of thiophene rings is 2. The summed E-state index contributed by atoms with van der Waals surface area (Å²) in [5.41, 5.74) is 2.30. The van der Waals surface area contributed by atoms with Gasteiger partial charge in [0, 0.05) is 24.4 Å². The molecule has 0 aromatic carbocycles. The molecule has 0 aliphatic heterocycles. The summed E-state index contributed by atoms with van der Waals surface area (Å²) in [7, 11) is 0. The molecule has 0 spiro atoms. The van der Waals surface area contributed by atoms with Gasteiger partial charge in [0.25, 0.3) is 0 Å². The van der Waals surface area contributed by atoms with Gasteiger partial charge in [-0.1, -0.05) is 0 Å². The second-order valence-electron chi connectivity index (χ2n) is 4.56. The third kappa shape index (κ3) is 4.45. The SMILES string of the molecule is CC(=O)Nc1ccsc1CNC(C)Cc1ccsc1. The molecule has 3 nitrogen and oxygen atoms in total. The number of carbonyl (C=O) groups excluding carboxylic acids is 1. The van der Waals surface area contributed by atoms with Crippen molar-refractivity contribution < 1.29 is 4.79 Å². The van der Waals surface area contributed by atoms with E-state index >= 15 is 0 Å². The molecule has 0 saturated carbocycles. The Kier molecular flexibility index (Phi) is 5.13. The quantitative estimate of drug-likeness (QED) is 0.856. The van der Waals surface area contributed by atoms with Gasteiger partial charge in [-0.3, -0.25) is 4.79 Å². The molecular formula is C14H18N2OS2. The topological polar surface area (TPSA) is 41.1 Å². The van der Waals surface area contributed by atoms with Crippen LogP contribution in [0.15, 0.2) is 28.3 Å². The third-order valence-corrected chi connectivity index (χ3v) is 4.44. The number of amides is 1. The zero-order chi connectivity index (χ0) is 13.7. The summed E-state index contributed by atoms with van der Waals surface area (Å²) in [6.07, 6.45) is 1.03. The van der Waals surface area contributed by atoms with Gasteiger partial charge in [-0.2, -0.15) is 11.3 Å². The third-order valence-electron chi connectivity index (χ3n) is 2.79. The van der Waals surface area contributed by atoms with Crippen molar-refractivity contribution in [2.75, 3.05) is 5.32 Å². The highest BCUT2D eigenvalue weighted by Gasteiger charge is 2.08. The van der Waals surface area contributed by atoms with E-state index in [1.807, 2.05) is 11.4 Å². The molecule has 2 rings (SSSR count). The van der Waals surface area contributed by atoms with Gasteiger partial charge in [-0.05, 0) is 47.2 Å². The molecule has 102 valence electrons. The average Bonchev–Trinajstić information content (AvgIpc) is 2.97. The van der Waals surface area contributed by atoms with Crippen LogP contribution in [-0.2, 0) is 17.8 Å². The van der Waals surface area contributed by atoms with Crippen LogP contribution in [0.25, 0.3) is 0 Å². The molecule has 0 saturated heterocycles. The van der Waals surface area contributed by atoms with E-state index < -0.39 is 0 Å². The maximum absolute atomic E-state index is 11.1. The van der Waals surface area contributed by atoms with Crippen molar-refractivity contribution in [2.24, 2.45) is 0 Å². The van der Waals surface area contributed by atoms with Gasteiger partial charge in [0.2, 0.25) is 5.91 Å². The largest absolute Gasteiger partial charge is 0.325 e. The first kappa shape index (κ1) is 14.2. The highest BCUT2D eigenvalue weighted by atomic mass is 32.1. The van der Waals surface area contributed by atoms with Crippen molar-refractivity contribution >= 4 is 34.3 Å². The van der Waals surface area contributed by atoms with E-state index in [-0.39, 0.29) is 5.91 Å². The summed E-state index contributed by atoms with van der Waals surface area (Å²) in [5.74, 6) is -0.0222. The number of rotatable bonds is 6. The van der Waals surface area contributed by atoms with Gasteiger partial charge < -0.3 is 10.6 Å². The molecule has 0 fully saturated rings. The van der Waals surface area contributed by atoms with E-state index in [1.165, 1.54) is 17.4 Å². The predicted octanol–water partition coefficient (Wildman–Crippen LogP) is 3.49. The fraction of sp³-hybridized carbons (Fsp3) is 0.357. The van der Waals surface area contributed by atoms with Crippen LogP contribution in [0.5, 0.6) is 0 Å². The minimum absolute atomic E-state index is 0.0222. The lowest BCUT2D eigenvalue weighted by atomic mass is 10.1. The number of anilines is 1. The molecule has 19 heavy (non-hydrogen) atoms. The second kappa shape index (κ2) is 6.84. The fourth-order valence-electron chi connectivity index (χ4n) is 1.88. The molecule has 0 aliphatic rings. The number of nitrogens with one attached hydrogen (secondary N) is 2. The lowest BCUT2D eigenvalue weighted by Gasteiger charge is -2.13. The van der Waals surface area contributed by atoms with Crippen LogP contribution in [0.1, 0.15) is 24.3 Å².